The first-order valence-corrected chi connectivity index (χ1v) is 10.0. The Balaban J connectivity index is 1.47. The molecule has 4 rings (SSSR count). The van der Waals surface area contributed by atoms with Crippen LogP contribution in [0.15, 0.2) is 47.3 Å². The predicted octanol–water partition coefficient (Wildman–Crippen LogP) is 3.42. The zero-order valence-corrected chi connectivity index (χ0v) is 16.5. The Morgan fingerprint density at radius 3 is 2.69 bits per heavy atom. The molecule has 0 spiro atoms. The second-order valence-corrected chi connectivity index (χ2v) is 7.50. The Labute approximate surface area is 169 Å². The summed E-state index contributed by atoms with van der Waals surface area (Å²) >= 11 is 0. The van der Waals surface area contributed by atoms with Gasteiger partial charge in [0, 0.05) is 11.7 Å². The summed E-state index contributed by atoms with van der Waals surface area (Å²) in [6.45, 7) is 1.23. The van der Waals surface area contributed by atoms with Gasteiger partial charge in [0.1, 0.15) is 5.75 Å². The van der Waals surface area contributed by atoms with Crippen molar-refractivity contribution in [1.29, 1.82) is 0 Å². The summed E-state index contributed by atoms with van der Waals surface area (Å²) in [5.41, 5.74) is 3.04. The number of carbonyl (C=O) groups excluding carboxylic acids is 1. The third-order valence-corrected chi connectivity index (χ3v) is 5.51. The number of carbonyl (C=O) groups is 1. The number of amides is 1. The fraction of sp³-hybridized carbons (Fsp3) is 0.364. The Kier molecular flexibility index (Phi) is 5.67. The van der Waals surface area contributed by atoms with Crippen molar-refractivity contribution in [2.75, 3.05) is 25.5 Å². The SMILES string of the molecule is COc1ccc(C2CCCCCN2CC(=O)Nc2ccc3[nH]c(=O)[nH]c3c2)cc1. The number of benzene rings is 2. The molecule has 29 heavy (non-hydrogen) atoms. The van der Waals surface area contributed by atoms with E-state index in [-0.39, 0.29) is 17.6 Å². The first-order chi connectivity index (χ1) is 14.1. The minimum absolute atomic E-state index is 0.0531. The van der Waals surface area contributed by atoms with Crippen LogP contribution in [0.4, 0.5) is 5.69 Å². The number of imidazole rings is 1. The molecule has 1 aromatic heterocycles. The molecule has 1 unspecified atom stereocenters. The summed E-state index contributed by atoms with van der Waals surface area (Å²) in [6.07, 6.45) is 4.47. The van der Waals surface area contributed by atoms with Gasteiger partial charge in [-0.05, 0) is 55.3 Å². The average molecular weight is 394 g/mol. The van der Waals surface area contributed by atoms with Crippen LogP contribution in [-0.4, -0.2) is 41.0 Å². The van der Waals surface area contributed by atoms with E-state index in [0.29, 0.717) is 17.7 Å². The predicted molar refractivity (Wildman–Crippen MR) is 113 cm³/mol. The van der Waals surface area contributed by atoms with E-state index in [4.69, 9.17) is 4.74 Å². The number of methoxy groups -OCH3 is 1. The number of H-pyrrole nitrogens is 2. The summed E-state index contributed by atoms with van der Waals surface area (Å²) in [5, 5.41) is 2.96. The van der Waals surface area contributed by atoms with Gasteiger partial charge in [-0.15, -0.1) is 0 Å². The highest BCUT2D eigenvalue weighted by molar-refractivity contribution is 5.94. The molecular formula is C22H26N4O3. The number of nitrogens with one attached hydrogen (secondary N) is 3. The lowest BCUT2D eigenvalue weighted by molar-refractivity contribution is -0.117. The lowest BCUT2D eigenvalue weighted by atomic mass is 10.0. The third-order valence-electron chi connectivity index (χ3n) is 5.51. The van der Waals surface area contributed by atoms with Crippen molar-refractivity contribution in [3.8, 4) is 5.75 Å². The van der Waals surface area contributed by atoms with Gasteiger partial charge in [0.2, 0.25) is 5.91 Å². The summed E-state index contributed by atoms with van der Waals surface area (Å²) in [5.74, 6) is 0.785. The molecule has 1 aliphatic rings. The van der Waals surface area contributed by atoms with Crippen LogP contribution in [0.25, 0.3) is 11.0 Å². The molecule has 7 heteroatoms. The molecule has 3 N–H and O–H groups in total. The van der Waals surface area contributed by atoms with E-state index in [0.717, 1.165) is 37.1 Å². The van der Waals surface area contributed by atoms with E-state index in [2.05, 4.69) is 32.3 Å². The molecule has 1 fully saturated rings. The third kappa shape index (κ3) is 4.51. The normalized spacial score (nSPS) is 17.8. The molecule has 1 atom stereocenters. The Bertz CT molecular complexity index is 1040. The van der Waals surface area contributed by atoms with Crippen molar-refractivity contribution in [2.24, 2.45) is 0 Å². The monoisotopic (exact) mass is 394 g/mol. The maximum absolute atomic E-state index is 12.8. The van der Waals surface area contributed by atoms with E-state index >= 15 is 0 Å². The van der Waals surface area contributed by atoms with Gasteiger partial charge in [0.15, 0.2) is 0 Å². The van der Waals surface area contributed by atoms with Gasteiger partial charge in [0.05, 0.1) is 24.7 Å². The maximum atomic E-state index is 12.8. The molecule has 1 amide bonds. The number of hydrogen-bond donors (Lipinski definition) is 3. The minimum atomic E-state index is -0.254. The van der Waals surface area contributed by atoms with Gasteiger partial charge in [-0.2, -0.15) is 0 Å². The molecule has 0 aliphatic carbocycles. The van der Waals surface area contributed by atoms with Gasteiger partial charge in [-0.3, -0.25) is 9.69 Å². The lowest BCUT2D eigenvalue weighted by Gasteiger charge is -2.29. The van der Waals surface area contributed by atoms with Crippen LogP contribution in [0.2, 0.25) is 0 Å². The van der Waals surface area contributed by atoms with Crippen molar-refractivity contribution in [1.82, 2.24) is 14.9 Å². The summed E-state index contributed by atoms with van der Waals surface area (Å²) < 4.78 is 5.27. The molecule has 2 aromatic carbocycles. The molecule has 3 aromatic rings. The fourth-order valence-electron chi connectivity index (χ4n) is 4.06. The second-order valence-electron chi connectivity index (χ2n) is 7.50. The Hall–Kier alpha value is -3.06. The van der Waals surface area contributed by atoms with Crippen LogP contribution >= 0.6 is 0 Å². The molecule has 7 nitrogen and oxygen atoms in total. The van der Waals surface area contributed by atoms with Crippen LogP contribution in [0.1, 0.15) is 37.3 Å². The molecule has 0 radical (unpaired) electrons. The highest BCUT2D eigenvalue weighted by Gasteiger charge is 2.24. The number of likely N-dealkylation sites (tertiary alicyclic amines) is 1. The van der Waals surface area contributed by atoms with Crippen LogP contribution in [0.5, 0.6) is 5.75 Å². The van der Waals surface area contributed by atoms with Crippen LogP contribution < -0.4 is 15.7 Å². The van der Waals surface area contributed by atoms with E-state index in [9.17, 15) is 9.59 Å². The van der Waals surface area contributed by atoms with Crippen molar-refractivity contribution >= 4 is 22.6 Å². The number of anilines is 1. The highest BCUT2D eigenvalue weighted by atomic mass is 16.5. The van der Waals surface area contributed by atoms with E-state index in [1.165, 1.54) is 12.0 Å². The van der Waals surface area contributed by atoms with E-state index in [1.54, 1.807) is 25.3 Å². The van der Waals surface area contributed by atoms with Gasteiger partial charge < -0.3 is 20.0 Å². The smallest absolute Gasteiger partial charge is 0.323 e. The molecule has 1 aliphatic heterocycles. The van der Waals surface area contributed by atoms with E-state index in [1.807, 2.05) is 12.1 Å². The van der Waals surface area contributed by atoms with Crippen molar-refractivity contribution in [3.05, 3.63) is 58.5 Å². The van der Waals surface area contributed by atoms with Crippen molar-refractivity contribution in [2.45, 2.75) is 31.7 Å². The summed E-state index contributed by atoms with van der Waals surface area (Å²) in [7, 11) is 1.66. The molecule has 152 valence electrons. The first-order valence-electron chi connectivity index (χ1n) is 10.0. The number of hydrogen-bond acceptors (Lipinski definition) is 4. The minimum Gasteiger partial charge on any atom is -0.497 e. The van der Waals surface area contributed by atoms with Gasteiger partial charge in [0.25, 0.3) is 0 Å². The topological polar surface area (TPSA) is 90.2 Å². The Morgan fingerprint density at radius 2 is 1.90 bits per heavy atom. The maximum Gasteiger partial charge on any atom is 0.323 e. The zero-order valence-electron chi connectivity index (χ0n) is 16.5. The van der Waals surface area contributed by atoms with Crippen molar-refractivity contribution in [3.63, 3.8) is 0 Å². The van der Waals surface area contributed by atoms with Gasteiger partial charge >= 0.3 is 5.69 Å². The van der Waals surface area contributed by atoms with Crippen LogP contribution in [0.3, 0.4) is 0 Å². The van der Waals surface area contributed by atoms with Gasteiger partial charge in [-0.1, -0.05) is 25.0 Å². The highest BCUT2D eigenvalue weighted by Crippen LogP contribution is 2.31. The molecule has 2 heterocycles. The van der Waals surface area contributed by atoms with E-state index < -0.39 is 0 Å². The molecule has 1 saturated heterocycles. The molecule has 0 saturated carbocycles. The largest absolute Gasteiger partial charge is 0.497 e. The number of fused-ring (bicyclic) bond motifs is 1. The fourth-order valence-corrected chi connectivity index (χ4v) is 4.06. The molecule has 0 bridgehead atoms. The number of rotatable bonds is 5. The summed E-state index contributed by atoms with van der Waals surface area (Å²) in [6, 6.07) is 13.7. The van der Waals surface area contributed by atoms with Crippen LogP contribution in [-0.2, 0) is 4.79 Å². The second kappa shape index (κ2) is 8.53. The van der Waals surface area contributed by atoms with Crippen LogP contribution in [0, 0.1) is 0 Å². The standard InChI is InChI=1S/C22H26N4O3/c1-29-17-9-6-15(7-10-17)20-5-3-2-4-12-26(20)14-21(27)23-16-8-11-18-19(13-16)25-22(28)24-18/h6-11,13,20H,2-5,12,14H2,1H3,(H,23,27)(H2,24,25,28). The van der Waals surface area contributed by atoms with Crippen molar-refractivity contribution < 1.29 is 9.53 Å². The van der Waals surface area contributed by atoms with Gasteiger partial charge in [-0.25, -0.2) is 4.79 Å². The zero-order chi connectivity index (χ0) is 20.2. The quantitative estimate of drug-likeness (QED) is 0.618. The first kappa shape index (κ1) is 19.3. The Morgan fingerprint density at radius 1 is 1.10 bits per heavy atom. The number of nitrogens with zero attached hydrogens (tertiary/aromatic N) is 1. The number of ether oxygens (including phenoxy) is 1. The number of aromatic nitrogens is 2. The molecular weight excluding hydrogens is 368 g/mol. The number of aromatic amines is 2. The lowest BCUT2D eigenvalue weighted by Crippen LogP contribution is -2.36. The average Bonchev–Trinajstić information content (AvgIpc) is 2.93. The summed E-state index contributed by atoms with van der Waals surface area (Å²) in [4.78, 5) is 31.9.